The van der Waals surface area contributed by atoms with Crippen LogP contribution in [0.1, 0.15) is 65.8 Å². The van der Waals surface area contributed by atoms with Gasteiger partial charge in [-0.25, -0.2) is 0 Å². The van der Waals surface area contributed by atoms with E-state index in [1.165, 1.54) is 5.56 Å². The number of amides is 2. The molecule has 1 aliphatic heterocycles. The number of hydrogen-bond acceptors (Lipinski definition) is 3. The van der Waals surface area contributed by atoms with Crippen LogP contribution in [0.25, 0.3) is 0 Å². The average molecular weight is 433 g/mol. The van der Waals surface area contributed by atoms with Crippen molar-refractivity contribution in [1.82, 2.24) is 4.90 Å². The molecule has 2 aromatic rings. The molecule has 0 spiro atoms. The van der Waals surface area contributed by atoms with Crippen molar-refractivity contribution in [1.29, 1.82) is 0 Å². The van der Waals surface area contributed by atoms with E-state index in [0.717, 1.165) is 24.8 Å². The van der Waals surface area contributed by atoms with Crippen molar-refractivity contribution in [3.63, 3.8) is 0 Å². The van der Waals surface area contributed by atoms with Crippen LogP contribution < -0.4 is 5.32 Å². The Hall–Kier alpha value is -2.95. The maximum atomic E-state index is 13.0. The van der Waals surface area contributed by atoms with E-state index >= 15 is 0 Å². The van der Waals surface area contributed by atoms with Crippen molar-refractivity contribution in [2.24, 2.45) is 17.8 Å². The van der Waals surface area contributed by atoms with Gasteiger partial charge in [-0.05, 0) is 61.8 Å². The third-order valence-corrected chi connectivity index (χ3v) is 6.36. The Kier molecular flexibility index (Phi) is 6.73. The van der Waals surface area contributed by atoms with Crippen LogP contribution in [0.5, 0.6) is 0 Å². The van der Waals surface area contributed by atoms with Crippen molar-refractivity contribution in [2.75, 3.05) is 18.4 Å². The summed E-state index contributed by atoms with van der Waals surface area (Å²) in [7, 11) is 0. The summed E-state index contributed by atoms with van der Waals surface area (Å²) in [6, 6.07) is 15.1. The minimum Gasteiger partial charge on any atom is -0.339 e. The molecule has 0 bridgehead atoms. The molecule has 1 aliphatic carbocycles. The summed E-state index contributed by atoms with van der Waals surface area (Å²) in [5, 5.41) is 2.90. The molecule has 1 N–H and O–H groups in total. The lowest BCUT2D eigenvalue weighted by atomic mass is 9.88. The lowest BCUT2D eigenvalue weighted by Crippen LogP contribution is -2.40. The van der Waals surface area contributed by atoms with E-state index in [4.69, 9.17) is 0 Å². The summed E-state index contributed by atoms with van der Waals surface area (Å²) in [6.45, 7) is 5.52. The topological polar surface area (TPSA) is 66.5 Å². The van der Waals surface area contributed by atoms with Crippen LogP contribution in [0.4, 0.5) is 5.69 Å². The molecule has 168 valence electrons. The van der Waals surface area contributed by atoms with Gasteiger partial charge >= 0.3 is 0 Å². The highest BCUT2D eigenvalue weighted by Gasteiger charge is 2.30. The first kappa shape index (κ1) is 22.3. The smallest absolute Gasteiger partial charge is 0.253 e. The number of ketones is 1. The summed E-state index contributed by atoms with van der Waals surface area (Å²) in [6.07, 6.45) is 4.26. The Labute approximate surface area is 190 Å². The van der Waals surface area contributed by atoms with Gasteiger partial charge in [-0.3, -0.25) is 14.4 Å². The zero-order chi connectivity index (χ0) is 22.7. The third kappa shape index (κ3) is 5.45. The number of Topliss-reactive ketones (excluding diaryl/α,β-unsaturated/α-hetero) is 1. The van der Waals surface area contributed by atoms with Gasteiger partial charge in [0.15, 0.2) is 5.78 Å². The normalized spacial score (nSPS) is 16.8. The van der Waals surface area contributed by atoms with Gasteiger partial charge in [-0.1, -0.05) is 44.2 Å². The predicted molar refractivity (Wildman–Crippen MR) is 126 cm³/mol. The highest BCUT2D eigenvalue weighted by atomic mass is 16.2. The Bertz CT molecular complexity index is 984. The summed E-state index contributed by atoms with van der Waals surface area (Å²) >= 11 is 0. The summed E-state index contributed by atoms with van der Waals surface area (Å²) in [5.41, 5.74) is 3.26. The van der Waals surface area contributed by atoms with Gasteiger partial charge in [-0.2, -0.15) is 0 Å². The summed E-state index contributed by atoms with van der Waals surface area (Å²) < 4.78 is 0. The van der Waals surface area contributed by atoms with Crippen LogP contribution in [0.3, 0.4) is 0 Å². The Morgan fingerprint density at radius 2 is 1.59 bits per heavy atom. The Balaban J connectivity index is 1.32. The molecule has 5 nitrogen and oxygen atoms in total. The number of likely N-dealkylation sites (tertiary alicyclic amines) is 1. The summed E-state index contributed by atoms with van der Waals surface area (Å²) in [4.78, 5) is 39.7. The Morgan fingerprint density at radius 3 is 2.22 bits per heavy atom. The fourth-order valence-electron chi connectivity index (χ4n) is 4.36. The SMILES string of the molecule is CC(C)Cc1ccc(C(=O)C2CCN(C(=O)c3cccc(NC(=O)C4CC4)c3)CC2)cc1. The van der Waals surface area contributed by atoms with Gasteiger partial charge < -0.3 is 10.2 Å². The van der Waals surface area contributed by atoms with Crippen molar-refractivity contribution in [2.45, 2.75) is 46.0 Å². The minimum atomic E-state index is -0.0449. The minimum absolute atomic E-state index is 0.0335. The first-order chi connectivity index (χ1) is 15.4. The number of piperidine rings is 1. The van der Waals surface area contributed by atoms with Crippen LogP contribution >= 0.6 is 0 Å². The zero-order valence-electron chi connectivity index (χ0n) is 19.0. The van der Waals surface area contributed by atoms with Crippen molar-refractivity contribution in [3.05, 3.63) is 65.2 Å². The van der Waals surface area contributed by atoms with E-state index in [9.17, 15) is 14.4 Å². The molecule has 1 heterocycles. The Morgan fingerprint density at radius 1 is 0.906 bits per heavy atom. The number of carbonyl (C=O) groups is 3. The lowest BCUT2D eigenvalue weighted by molar-refractivity contribution is -0.117. The molecule has 4 rings (SSSR count). The second kappa shape index (κ2) is 9.68. The van der Waals surface area contributed by atoms with Crippen LogP contribution in [0.15, 0.2) is 48.5 Å². The molecule has 2 amide bonds. The number of nitrogens with zero attached hydrogens (tertiary/aromatic N) is 1. The molecule has 2 aromatic carbocycles. The predicted octanol–water partition coefficient (Wildman–Crippen LogP) is 4.97. The first-order valence-corrected chi connectivity index (χ1v) is 11.7. The maximum Gasteiger partial charge on any atom is 0.253 e. The molecule has 1 saturated carbocycles. The van der Waals surface area contributed by atoms with E-state index in [2.05, 4.69) is 31.3 Å². The van der Waals surface area contributed by atoms with Gasteiger partial charge in [-0.15, -0.1) is 0 Å². The molecule has 32 heavy (non-hydrogen) atoms. The maximum absolute atomic E-state index is 13.0. The van der Waals surface area contributed by atoms with Crippen molar-refractivity contribution in [3.8, 4) is 0 Å². The average Bonchev–Trinajstić information content (AvgIpc) is 3.64. The fourth-order valence-corrected chi connectivity index (χ4v) is 4.36. The summed E-state index contributed by atoms with van der Waals surface area (Å²) in [5.74, 6) is 0.839. The van der Waals surface area contributed by atoms with Crippen LogP contribution in [-0.2, 0) is 11.2 Å². The van der Waals surface area contributed by atoms with Crippen LogP contribution in [-0.4, -0.2) is 35.6 Å². The van der Waals surface area contributed by atoms with Crippen LogP contribution in [0.2, 0.25) is 0 Å². The number of anilines is 1. The van der Waals surface area contributed by atoms with Gasteiger partial charge in [0.25, 0.3) is 5.91 Å². The van der Waals surface area contributed by atoms with E-state index in [1.807, 2.05) is 23.1 Å². The monoisotopic (exact) mass is 432 g/mol. The van der Waals surface area contributed by atoms with Gasteiger partial charge in [0, 0.05) is 41.7 Å². The molecule has 0 unspecified atom stereocenters. The van der Waals surface area contributed by atoms with Gasteiger partial charge in [0.05, 0.1) is 0 Å². The zero-order valence-corrected chi connectivity index (χ0v) is 19.0. The molecule has 2 aliphatic rings. The number of hydrogen-bond donors (Lipinski definition) is 1. The molecule has 0 atom stereocenters. The van der Waals surface area contributed by atoms with E-state index in [-0.39, 0.29) is 29.4 Å². The molecule has 0 radical (unpaired) electrons. The van der Waals surface area contributed by atoms with E-state index in [0.29, 0.717) is 43.1 Å². The number of rotatable bonds is 7. The quantitative estimate of drug-likeness (QED) is 0.628. The number of benzene rings is 2. The molecule has 2 fully saturated rings. The molecule has 1 saturated heterocycles. The second-order valence-electron chi connectivity index (χ2n) is 9.57. The van der Waals surface area contributed by atoms with E-state index in [1.54, 1.807) is 18.2 Å². The molecular weight excluding hydrogens is 400 g/mol. The van der Waals surface area contributed by atoms with Crippen molar-refractivity contribution < 1.29 is 14.4 Å². The third-order valence-electron chi connectivity index (χ3n) is 6.36. The standard InChI is InChI=1S/C27H32N2O3/c1-18(2)16-19-6-8-20(9-7-19)25(30)21-12-14-29(15-13-21)27(32)23-4-3-5-24(17-23)28-26(31)22-10-11-22/h3-9,17-18,21-22H,10-16H2,1-2H3,(H,28,31). The first-order valence-electron chi connectivity index (χ1n) is 11.7. The fraction of sp³-hybridized carbons (Fsp3) is 0.444. The highest BCUT2D eigenvalue weighted by molar-refractivity contribution is 5.99. The van der Waals surface area contributed by atoms with Gasteiger partial charge in [0.2, 0.25) is 5.91 Å². The lowest BCUT2D eigenvalue weighted by Gasteiger charge is -2.31. The van der Waals surface area contributed by atoms with E-state index < -0.39 is 0 Å². The van der Waals surface area contributed by atoms with Gasteiger partial charge in [0.1, 0.15) is 0 Å². The second-order valence-corrected chi connectivity index (χ2v) is 9.57. The van der Waals surface area contributed by atoms with Crippen molar-refractivity contribution >= 4 is 23.3 Å². The largest absolute Gasteiger partial charge is 0.339 e. The number of nitrogens with one attached hydrogen (secondary N) is 1. The highest BCUT2D eigenvalue weighted by Crippen LogP contribution is 2.30. The number of carbonyl (C=O) groups excluding carboxylic acids is 3. The molecular formula is C27H32N2O3. The molecule has 0 aromatic heterocycles. The molecule has 5 heteroatoms. The van der Waals surface area contributed by atoms with Crippen LogP contribution in [0, 0.1) is 17.8 Å².